The molecule has 1 heterocycles. The van der Waals surface area contributed by atoms with Crippen molar-refractivity contribution in [3.8, 4) is 5.75 Å². The molecule has 3 aromatic rings. The Kier molecular flexibility index (Phi) is 5.57. The number of methoxy groups -OCH3 is 1. The van der Waals surface area contributed by atoms with E-state index in [1.54, 1.807) is 32.2 Å². The fourth-order valence-corrected chi connectivity index (χ4v) is 2.75. The molecule has 0 fully saturated rings. The van der Waals surface area contributed by atoms with Crippen LogP contribution in [0.5, 0.6) is 5.75 Å². The number of halogens is 1. The van der Waals surface area contributed by atoms with Gasteiger partial charge in [-0.1, -0.05) is 29.8 Å². The molecule has 3 rings (SSSR count). The third kappa shape index (κ3) is 4.54. The van der Waals surface area contributed by atoms with E-state index < -0.39 is 5.91 Å². The first-order valence-electron chi connectivity index (χ1n) is 8.26. The molecule has 0 aliphatic rings. The molecule has 0 radical (unpaired) electrons. The lowest BCUT2D eigenvalue weighted by atomic mass is 10.1. The van der Waals surface area contributed by atoms with Gasteiger partial charge in [-0.3, -0.25) is 9.59 Å². The van der Waals surface area contributed by atoms with Gasteiger partial charge in [-0.15, -0.1) is 0 Å². The molecular weight excluding hydrogens is 366 g/mol. The molecule has 0 aliphatic carbocycles. The molecule has 0 spiro atoms. The number of nitrogens with one attached hydrogen (secondary N) is 2. The van der Waals surface area contributed by atoms with Crippen LogP contribution in [0.25, 0.3) is 0 Å². The quantitative estimate of drug-likeness (QED) is 0.705. The molecular formula is C20H18ClN3O3. The van der Waals surface area contributed by atoms with E-state index in [-0.39, 0.29) is 11.3 Å². The number of aromatic nitrogens is 2. The van der Waals surface area contributed by atoms with Gasteiger partial charge in [-0.05, 0) is 42.3 Å². The average Bonchev–Trinajstić information content (AvgIpc) is 2.65. The number of benzene rings is 2. The predicted molar refractivity (Wildman–Crippen MR) is 105 cm³/mol. The molecule has 7 heteroatoms. The third-order valence-corrected chi connectivity index (χ3v) is 4.48. The van der Waals surface area contributed by atoms with Gasteiger partial charge in [-0.25, -0.2) is 4.98 Å². The van der Waals surface area contributed by atoms with Gasteiger partial charge in [0.05, 0.1) is 7.11 Å². The third-order valence-electron chi connectivity index (χ3n) is 4.07. The molecule has 1 amide bonds. The number of carbonyl (C=O) groups is 1. The molecule has 2 aromatic carbocycles. The largest absolute Gasteiger partial charge is 0.497 e. The molecule has 0 atom stereocenters. The molecule has 0 saturated carbocycles. The van der Waals surface area contributed by atoms with Gasteiger partial charge in [0.2, 0.25) is 0 Å². The summed E-state index contributed by atoms with van der Waals surface area (Å²) in [6.45, 7) is 1.80. The van der Waals surface area contributed by atoms with Crippen LogP contribution >= 0.6 is 11.6 Å². The monoisotopic (exact) mass is 383 g/mol. The van der Waals surface area contributed by atoms with Gasteiger partial charge in [0.1, 0.15) is 17.3 Å². The van der Waals surface area contributed by atoms with E-state index in [1.165, 1.54) is 6.07 Å². The number of carbonyl (C=O) groups excluding carboxylic acids is 1. The molecule has 6 nitrogen and oxygen atoms in total. The first-order chi connectivity index (χ1) is 13.0. The summed E-state index contributed by atoms with van der Waals surface area (Å²) in [5.41, 5.74) is 1.91. The molecule has 1 aromatic heterocycles. The minimum Gasteiger partial charge on any atom is -0.497 e. The maximum absolute atomic E-state index is 12.5. The van der Waals surface area contributed by atoms with Crippen molar-refractivity contribution in [2.45, 2.75) is 13.3 Å². The van der Waals surface area contributed by atoms with Gasteiger partial charge in [0, 0.05) is 23.2 Å². The lowest BCUT2D eigenvalue weighted by Gasteiger charge is -2.10. The smallest absolute Gasteiger partial charge is 0.274 e. The second-order valence-corrected chi connectivity index (χ2v) is 6.38. The number of amides is 1. The second kappa shape index (κ2) is 8.05. The van der Waals surface area contributed by atoms with Crippen molar-refractivity contribution >= 4 is 23.2 Å². The van der Waals surface area contributed by atoms with E-state index in [0.717, 1.165) is 16.9 Å². The average molecular weight is 384 g/mol. The van der Waals surface area contributed by atoms with Crippen molar-refractivity contribution in [1.82, 2.24) is 9.97 Å². The summed E-state index contributed by atoms with van der Waals surface area (Å²) in [5.74, 6) is 0.674. The van der Waals surface area contributed by atoms with E-state index in [1.807, 2.05) is 24.3 Å². The summed E-state index contributed by atoms with van der Waals surface area (Å²) in [5, 5.41) is 3.29. The van der Waals surface area contributed by atoms with Crippen LogP contribution in [0.2, 0.25) is 5.02 Å². The highest BCUT2D eigenvalue weighted by molar-refractivity contribution is 6.31. The van der Waals surface area contributed by atoms with Crippen LogP contribution in [0.4, 0.5) is 5.69 Å². The Hall–Kier alpha value is -3.12. The fraction of sp³-hybridized carbons (Fsp3) is 0.150. The summed E-state index contributed by atoms with van der Waals surface area (Å²) < 4.78 is 5.13. The van der Waals surface area contributed by atoms with Gasteiger partial charge >= 0.3 is 0 Å². The lowest BCUT2D eigenvalue weighted by Crippen LogP contribution is -2.21. The van der Waals surface area contributed by atoms with Crippen LogP contribution in [-0.4, -0.2) is 23.0 Å². The number of nitrogens with zero attached hydrogens (tertiary/aromatic N) is 1. The lowest BCUT2D eigenvalue weighted by molar-refractivity contribution is 0.102. The maximum Gasteiger partial charge on any atom is 0.274 e. The summed E-state index contributed by atoms with van der Waals surface area (Å²) in [6, 6.07) is 13.8. The van der Waals surface area contributed by atoms with E-state index in [4.69, 9.17) is 16.3 Å². The van der Waals surface area contributed by atoms with E-state index in [0.29, 0.717) is 23.0 Å². The van der Waals surface area contributed by atoms with Crippen molar-refractivity contribution in [3.63, 3.8) is 0 Å². The van der Waals surface area contributed by atoms with E-state index in [9.17, 15) is 9.59 Å². The SMILES string of the molecule is COc1ccc(Cc2nc(C(=O)Nc3cccc(Cl)c3C)cc(=O)[nH]2)cc1. The Balaban J connectivity index is 1.82. The topological polar surface area (TPSA) is 84.1 Å². The van der Waals surface area contributed by atoms with Crippen molar-refractivity contribution in [1.29, 1.82) is 0 Å². The number of hydrogen-bond acceptors (Lipinski definition) is 4. The summed E-state index contributed by atoms with van der Waals surface area (Å²) in [4.78, 5) is 31.4. The first kappa shape index (κ1) is 18.7. The minimum atomic E-state index is -0.470. The molecule has 27 heavy (non-hydrogen) atoms. The zero-order valence-corrected chi connectivity index (χ0v) is 15.6. The summed E-state index contributed by atoms with van der Waals surface area (Å²) in [7, 11) is 1.60. The Morgan fingerprint density at radius 1 is 1.22 bits per heavy atom. The zero-order valence-electron chi connectivity index (χ0n) is 14.9. The number of ether oxygens (including phenoxy) is 1. The van der Waals surface area contributed by atoms with Crippen LogP contribution in [0.15, 0.2) is 53.3 Å². The molecule has 0 saturated heterocycles. The highest BCUT2D eigenvalue weighted by atomic mass is 35.5. The highest BCUT2D eigenvalue weighted by Crippen LogP contribution is 2.23. The zero-order chi connectivity index (χ0) is 19.4. The maximum atomic E-state index is 12.5. The van der Waals surface area contributed by atoms with Crippen LogP contribution in [0, 0.1) is 6.92 Å². The predicted octanol–water partition coefficient (Wildman–Crippen LogP) is 3.58. The normalized spacial score (nSPS) is 10.5. The van der Waals surface area contributed by atoms with Crippen molar-refractivity contribution in [3.05, 3.63) is 86.6 Å². The second-order valence-electron chi connectivity index (χ2n) is 5.97. The van der Waals surface area contributed by atoms with Crippen molar-refractivity contribution in [2.24, 2.45) is 0 Å². The Morgan fingerprint density at radius 2 is 1.96 bits per heavy atom. The van der Waals surface area contributed by atoms with Crippen LogP contribution in [0.1, 0.15) is 27.4 Å². The Labute approximate surface area is 161 Å². The fourth-order valence-electron chi connectivity index (χ4n) is 2.57. The molecule has 138 valence electrons. The van der Waals surface area contributed by atoms with Gasteiger partial charge in [0.25, 0.3) is 11.5 Å². The number of aromatic amines is 1. The van der Waals surface area contributed by atoms with Crippen molar-refractivity contribution < 1.29 is 9.53 Å². The van der Waals surface area contributed by atoms with Gasteiger partial charge in [-0.2, -0.15) is 0 Å². The van der Waals surface area contributed by atoms with Crippen LogP contribution < -0.4 is 15.6 Å². The Morgan fingerprint density at radius 3 is 2.67 bits per heavy atom. The summed E-state index contributed by atoms with van der Waals surface area (Å²) in [6.07, 6.45) is 0.385. The van der Waals surface area contributed by atoms with E-state index in [2.05, 4.69) is 15.3 Å². The van der Waals surface area contributed by atoms with Crippen LogP contribution in [-0.2, 0) is 6.42 Å². The van der Waals surface area contributed by atoms with Crippen LogP contribution in [0.3, 0.4) is 0 Å². The number of rotatable bonds is 5. The van der Waals surface area contributed by atoms with E-state index >= 15 is 0 Å². The summed E-state index contributed by atoms with van der Waals surface area (Å²) >= 11 is 6.07. The van der Waals surface area contributed by atoms with Crippen molar-refractivity contribution in [2.75, 3.05) is 12.4 Å². The minimum absolute atomic E-state index is 0.0432. The standard InChI is InChI=1S/C20H18ClN3O3/c1-12-15(21)4-3-5-16(12)23-20(26)17-11-19(25)24-18(22-17)10-13-6-8-14(27-2)9-7-13/h3-9,11H,10H2,1-2H3,(H,23,26)(H,22,24,25). The molecule has 0 bridgehead atoms. The molecule has 0 unspecified atom stereocenters. The molecule has 2 N–H and O–H groups in total. The number of hydrogen-bond donors (Lipinski definition) is 2. The number of H-pyrrole nitrogens is 1. The first-order valence-corrected chi connectivity index (χ1v) is 8.63. The Bertz CT molecular complexity index is 1030. The van der Waals surface area contributed by atoms with Gasteiger partial charge in [0.15, 0.2) is 0 Å². The molecule has 0 aliphatic heterocycles. The van der Waals surface area contributed by atoms with Gasteiger partial charge < -0.3 is 15.0 Å². The highest BCUT2D eigenvalue weighted by Gasteiger charge is 2.13. The number of anilines is 1.